The number of carbonyl (C=O) groups is 2. The second-order valence-electron chi connectivity index (χ2n) is 6.98. The minimum absolute atomic E-state index is 0.00454. The van der Waals surface area contributed by atoms with E-state index in [1.54, 1.807) is 25.1 Å². The van der Waals surface area contributed by atoms with Gasteiger partial charge in [0.25, 0.3) is 0 Å². The summed E-state index contributed by atoms with van der Waals surface area (Å²) in [5.74, 6) is -5.95. The van der Waals surface area contributed by atoms with Gasteiger partial charge in [-0.15, -0.1) is 0 Å². The molecule has 0 saturated heterocycles. The number of ketones is 1. The van der Waals surface area contributed by atoms with E-state index in [9.17, 15) is 27.2 Å². The summed E-state index contributed by atoms with van der Waals surface area (Å²) in [4.78, 5) is 26.2. The van der Waals surface area contributed by atoms with Gasteiger partial charge in [0.2, 0.25) is 0 Å². The molecule has 0 radical (unpaired) electrons. The van der Waals surface area contributed by atoms with Gasteiger partial charge in [0, 0.05) is 29.1 Å². The molecule has 172 valence electrons. The van der Waals surface area contributed by atoms with Crippen molar-refractivity contribution in [2.75, 3.05) is 17.2 Å². The fourth-order valence-electron chi connectivity index (χ4n) is 3.12. The van der Waals surface area contributed by atoms with Crippen molar-refractivity contribution in [3.63, 3.8) is 0 Å². The van der Waals surface area contributed by atoms with Crippen molar-refractivity contribution in [2.45, 2.75) is 19.0 Å². The summed E-state index contributed by atoms with van der Waals surface area (Å²) in [5, 5.41) is 5.44. The lowest BCUT2D eigenvalue weighted by molar-refractivity contribution is -0.144. The number of carbonyl (C=O) groups excluding carboxylic acids is 2. The Kier molecular flexibility index (Phi) is 7.66. The van der Waals surface area contributed by atoms with Crippen LogP contribution in [-0.4, -0.2) is 30.4 Å². The zero-order valence-electron chi connectivity index (χ0n) is 17.4. The predicted octanol–water partition coefficient (Wildman–Crippen LogP) is 4.95. The molecular weight excluding hydrogens is 440 g/mol. The van der Waals surface area contributed by atoms with Crippen LogP contribution in [0.1, 0.15) is 17.3 Å². The summed E-state index contributed by atoms with van der Waals surface area (Å²) in [6, 6.07) is 10.9. The SMILES string of the molecule is CCOC(=O)[C@H](Nc1ccc(F)c(F)c1)[C@H](Nc1ccc(F)c(F)c1)C(=O)c1ccccc1. The number of nitrogens with one attached hydrogen (secondary N) is 2. The largest absolute Gasteiger partial charge is 0.464 e. The van der Waals surface area contributed by atoms with Gasteiger partial charge in [0.05, 0.1) is 6.61 Å². The molecule has 3 rings (SSSR count). The maximum Gasteiger partial charge on any atom is 0.331 e. The summed E-state index contributed by atoms with van der Waals surface area (Å²) < 4.78 is 59.3. The van der Waals surface area contributed by atoms with E-state index in [4.69, 9.17) is 4.74 Å². The molecule has 0 aliphatic carbocycles. The summed E-state index contributed by atoms with van der Waals surface area (Å²) in [7, 11) is 0. The minimum Gasteiger partial charge on any atom is -0.464 e. The van der Waals surface area contributed by atoms with Gasteiger partial charge in [-0.05, 0) is 31.2 Å². The van der Waals surface area contributed by atoms with Crippen molar-refractivity contribution >= 4 is 23.1 Å². The van der Waals surface area contributed by atoms with Crippen molar-refractivity contribution in [3.05, 3.63) is 95.6 Å². The highest BCUT2D eigenvalue weighted by atomic mass is 19.2. The standard InChI is InChI=1S/C24H20F4N2O3/c1-2-33-24(32)22(30-16-9-11-18(26)20(28)13-16)21(23(31)14-6-4-3-5-7-14)29-15-8-10-17(25)19(27)12-15/h3-13,21-22,29-30H,2H2,1H3/t21-,22+/m0/s1. The lowest BCUT2D eigenvalue weighted by atomic mass is 9.96. The minimum atomic E-state index is -1.43. The molecule has 33 heavy (non-hydrogen) atoms. The van der Waals surface area contributed by atoms with E-state index in [2.05, 4.69) is 10.6 Å². The number of esters is 1. The second kappa shape index (κ2) is 10.6. The van der Waals surface area contributed by atoms with Crippen LogP contribution in [0, 0.1) is 23.3 Å². The monoisotopic (exact) mass is 460 g/mol. The summed E-state index contributed by atoms with van der Waals surface area (Å²) in [6.07, 6.45) is 0. The molecular formula is C24H20F4N2O3. The van der Waals surface area contributed by atoms with Crippen molar-refractivity contribution in [1.82, 2.24) is 0 Å². The molecule has 0 aromatic heterocycles. The molecule has 0 amide bonds. The highest BCUT2D eigenvalue weighted by Gasteiger charge is 2.36. The fraction of sp³-hybridized carbons (Fsp3) is 0.167. The molecule has 5 nitrogen and oxygen atoms in total. The van der Waals surface area contributed by atoms with Crippen molar-refractivity contribution in [2.24, 2.45) is 0 Å². The third kappa shape index (κ3) is 5.88. The first-order chi connectivity index (χ1) is 15.8. The van der Waals surface area contributed by atoms with Crippen molar-refractivity contribution in [3.8, 4) is 0 Å². The first-order valence-electron chi connectivity index (χ1n) is 9.99. The predicted molar refractivity (Wildman–Crippen MR) is 115 cm³/mol. The number of anilines is 2. The van der Waals surface area contributed by atoms with E-state index < -0.39 is 47.1 Å². The Labute approximate surface area is 187 Å². The first-order valence-corrected chi connectivity index (χ1v) is 9.99. The van der Waals surface area contributed by atoms with Crippen LogP contribution in [0.4, 0.5) is 28.9 Å². The number of halogens is 4. The molecule has 9 heteroatoms. The van der Waals surface area contributed by atoms with Crippen LogP contribution in [-0.2, 0) is 9.53 Å². The van der Waals surface area contributed by atoms with Crippen LogP contribution in [0.5, 0.6) is 0 Å². The van der Waals surface area contributed by atoms with Gasteiger partial charge in [0.15, 0.2) is 35.1 Å². The molecule has 2 N–H and O–H groups in total. The number of hydrogen-bond acceptors (Lipinski definition) is 5. The average Bonchev–Trinajstić information content (AvgIpc) is 2.81. The van der Waals surface area contributed by atoms with Gasteiger partial charge in [0.1, 0.15) is 6.04 Å². The summed E-state index contributed by atoms with van der Waals surface area (Å²) in [6.45, 7) is 1.54. The fourth-order valence-corrected chi connectivity index (χ4v) is 3.12. The van der Waals surface area contributed by atoms with E-state index in [1.165, 1.54) is 24.3 Å². The zero-order chi connectivity index (χ0) is 24.0. The van der Waals surface area contributed by atoms with Crippen molar-refractivity contribution in [1.29, 1.82) is 0 Å². The highest BCUT2D eigenvalue weighted by Crippen LogP contribution is 2.21. The van der Waals surface area contributed by atoms with E-state index >= 15 is 0 Å². The van der Waals surface area contributed by atoms with Crippen LogP contribution in [0.25, 0.3) is 0 Å². The number of hydrogen-bond donors (Lipinski definition) is 2. The lowest BCUT2D eigenvalue weighted by Crippen LogP contribution is -2.50. The van der Waals surface area contributed by atoms with Crippen LogP contribution >= 0.6 is 0 Å². The molecule has 3 aromatic rings. The second-order valence-corrected chi connectivity index (χ2v) is 6.98. The number of benzene rings is 3. The van der Waals surface area contributed by atoms with Crippen LogP contribution in [0.15, 0.2) is 66.7 Å². The Morgan fingerprint density at radius 1 is 0.758 bits per heavy atom. The van der Waals surface area contributed by atoms with E-state index in [0.717, 1.165) is 24.3 Å². The number of Topliss-reactive ketones (excluding diaryl/α,β-unsaturated/α-hetero) is 1. The van der Waals surface area contributed by atoms with Crippen LogP contribution < -0.4 is 10.6 Å². The first kappa shape index (κ1) is 23.8. The Balaban J connectivity index is 2.04. The smallest absolute Gasteiger partial charge is 0.331 e. The number of rotatable bonds is 9. The van der Waals surface area contributed by atoms with Gasteiger partial charge in [-0.1, -0.05) is 30.3 Å². The molecule has 2 atom stereocenters. The molecule has 3 aromatic carbocycles. The Morgan fingerprint density at radius 3 is 1.76 bits per heavy atom. The molecule has 0 heterocycles. The summed E-state index contributed by atoms with van der Waals surface area (Å²) in [5.41, 5.74) is 0.244. The topological polar surface area (TPSA) is 67.4 Å². The maximum absolute atomic E-state index is 13.8. The van der Waals surface area contributed by atoms with E-state index in [0.29, 0.717) is 0 Å². The molecule has 0 unspecified atom stereocenters. The van der Waals surface area contributed by atoms with Crippen LogP contribution in [0.2, 0.25) is 0 Å². The third-order valence-electron chi connectivity index (χ3n) is 4.70. The molecule has 0 spiro atoms. The van der Waals surface area contributed by atoms with Crippen LogP contribution in [0.3, 0.4) is 0 Å². The molecule has 0 bridgehead atoms. The van der Waals surface area contributed by atoms with Gasteiger partial charge in [-0.25, -0.2) is 22.4 Å². The van der Waals surface area contributed by atoms with E-state index in [1.807, 2.05) is 0 Å². The molecule has 0 aliphatic rings. The Morgan fingerprint density at radius 2 is 1.27 bits per heavy atom. The maximum atomic E-state index is 13.8. The van der Waals surface area contributed by atoms with Gasteiger partial charge < -0.3 is 15.4 Å². The van der Waals surface area contributed by atoms with Gasteiger partial charge in [-0.2, -0.15) is 0 Å². The highest BCUT2D eigenvalue weighted by molar-refractivity contribution is 6.05. The lowest BCUT2D eigenvalue weighted by Gasteiger charge is -2.28. The van der Waals surface area contributed by atoms with Gasteiger partial charge in [-0.3, -0.25) is 4.79 Å². The van der Waals surface area contributed by atoms with Gasteiger partial charge >= 0.3 is 5.97 Å². The normalized spacial score (nSPS) is 12.5. The van der Waals surface area contributed by atoms with Crippen molar-refractivity contribution < 1.29 is 31.9 Å². The quantitative estimate of drug-likeness (QED) is 0.269. The molecule has 0 aliphatic heterocycles. The molecule has 0 fully saturated rings. The Bertz CT molecular complexity index is 1140. The zero-order valence-corrected chi connectivity index (χ0v) is 17.4. The number of ether oxygens (including phenoxy) is 1. The van der Waals surface area contributed by atoms with E-state index in [-0.39, 0.29) is 23.5 Å². The Hall–Kier alpha value is -3.88. The average molecular weight is 460 g/mol. The third-order valence-corrected chi connectivity index (χ3v) is 4.70. The summed E-state index contributed by atoms with van der Waals surface area (Å²) >= 11 is 0. The molecule has 0 saturated carbocycles.